The van der Waals surface area contributed by atoms with Crippen LogP contribution in [-0.2, 0) is 9.53 Å². The Kier molecular flexibility index (Phi) is 4.73. The second-order valence-corrected chi connectivity index (χ2v) is 4.33. The zero-order valence-electron chi connectivity index (χ0n) is 11.4. The number of ether oxygens (including phenoxy) is 1. The van der Waals surface area contributed by atoms with Crippen molar-refractivity contribution in [2.75, 3.05) is 11.9 Å². The van der Waals surface area contributed by atoms with Crippen LogP contribution < -0.4 is 5.32 Å². The van der Waals surface area contributed by atoms with Gasteiger partial charge in [0, 0.05) is 0 Å². The number of para-hydroxylation sites is 1. The van der Waals surface area contributed by atoms with E-state index in [4.69, 9.17) is 10.00 Å². The van der Waals surface area contributed by atoms with Gasteiger partial charge in [-0.1, -0.05) is 18.2 Å². The fourth-order valence-electron chi connectivity index (χ4n) is 1.72. The van der Waals surface area contributed by atoms with Gasteiger partial charge < -0.3 is 15.2 Å². The Morgan fingerprint density at radius 1 is 1.18 bits per heavy atom. The summed E-state index contributed by atoms with van der Waals surface area (Å²) in [6, 6.07) is 14.1. The fourth-order valence-corrected chi connectivity index (χ4v) is 1.72. The number of nitrogens with one attached hydrogen (secondary N) is 1. The standard InChI is InChI=1S/C16H12N2O4/c17-9-12-4-1-2-7-14(12)18-15(20)10-22-16(21)11-5-3-6-13(19)8-11/h1-8,19H,10H2,(H,18,20). The molecule has 6 nitrogen and oxygen atoms in total. The minimum Gasteiger partial charge on any atom is -0.508 e. The lowest BCUT2D eigenvalue weighted by atomic mass is 10.2. The molecule has 0 radical (unpaired) electrons. The number of hydrogen-bond acceptors (Lipinski definition) is 5. The van der Waals surface area contributed by atoms with E-state index in [-0.39, 0.29) is 11.3 Å². The van der Waals surface area contributed by atoms with Crippen LogP contribution in [0.3, 0.4) is 0 Å². The van der Waals surface area contributed by atoms with Gasteiger partial charge in [0.05, 0.1) is 16.8 Å². The third-order valence-corrected chi connectivity index (χ3v) is 2.74. The van der Waals surface area contributed by atoms with Crippen molar-refractivity contribution >= 4 is 17.6 Å². The van der Waals surface area contributed by atoms with Crippen LogP contribution in [0, 0.1) is 11.3 Å². The molecule has 2 aromatic rings. The highest BCUT2D eigenvalue weighted by Gasteiger charge is 2.12. The number of nitrogens with zero attached hydrogens (tertiary/aromatic N) is 1. The summed E-state index contributed by atoms with van der Waals surface area (Å²) in [5.74, 6) is -1.35. The van der Waals surface area contributed by atoms with Crippen LogP contribution in [0.4, 0.5) is 5.69 Å². The minimum atomic E-state index is -0.723. The summed E-state index contributed by atoms with van der Waals surface area (Å²) < 4.78 is 4.85. The van der Waals surface area contributed by atoms with E-state index < -0.39 is 18.5 Å². The number of aromatic hydroxyl groups is 1. The number of phenols is 1. The summed E-state index contributed by atoms with van der Waals surface area (Å²) in [4.78, 5) is 23.4. The van der Waals surface area contributed by atoms with Gasteiger partial charge in [-0.15, -0.1) is 0 Å². The smallest absolute Gasteiger partial charge is 0.338 e. The van der Waals surface area contributed by atoms with Crippen LogP contribution in [0.25, 0.3) is 0 Å². The number of carbonyl (C=O) groups excluding carboxylic acids is 2. The Hall–Kier alpha value is -3.33. The largest absolute Gasteiger partial charge is 0.508 e. The molecule has 2 aromatic carbocycles. The van der Waals surface area contributed by atoms with E-state index in [1.807, 2.05) is 6.07 Å². The summed E-state index contributed by atoms with van der Waals surface area (Å²) >= 11 is 0. The lowest BCUT2D eigenvalue weighted by Gasteiger charge is -2.07. The number of benzene rings is 2. The maximum atomic E-state index is 11.7. The average Bonchev–Trinajstić information content (AvgIpc) is 2.53. The number of esters is 1. The molecule has 0 aliphatic carbocycles. The third kappa shape index (κ3) is 3.84. The molecule has 2 rings (SSSR count). The molecule has 0 saturated carbocycles. The first-order chi connectivity index (χ1) is 10.6. The molecule has 110 valence electrons. The number of anilines is 1. The Labute approximate surface area is 126 Å². The second-order valence-electron chi connectivity index (χ2n) is 4.33. The highest BCUT2D eigenvalue weighted by Crippen LogP contribution is 2.14. The van der Waals surface area contributed by atoms with E-state index >= 15 is 0 Å². The molecule has 6 heteroatoms. The summed E-state index contributed by atoms with van der Waals surface area (Å²) in [7, 11) is 0. The fraction of sp³-hybridized carbons (Fsp3) is 0.0625. The maximum Gasteiger partial charge on any atom is 0.338 e. The Bertz CT molecular complexity index is 750. The van der Waals surface area contributed by atoms with Crippen LogP contribution in [0.15, 0.2) is 48.5 Å². The van der Waals surface area contributed by atoms with Crippen molar-refractivity contribution in [3.8, 4) is 11.8 Å². The molecule has 0 aliphatic rings. The zero-order valence-corrected chi connectivity index (χ0v) is 11.4. The Balaban J connectivity index is 1.93. The summed E-state index contributed by atoms with van der Waals surface area (Å²) in [6.45, 7) is -0.492. The van der Waals surface area contributed by atoms with E-state index in [1.165, 1.54) is 24.3 Å². The van der Waals surface area contributed by atoms with Gasteiger partial charge in [0.15, 0.2) is 6.61 Å². The van der Waals surface area contributed by atoms with E-state index in [1.54, 1.807) is 24.3 Å². The number of phenolic OH excluding ortho intramolecular Hbond substituents is 1. The number of carbonyl (C=O) groups is 2. The van der Waals surface area contributed by atoms with Crippen molar-refractivity contribution in [1.29, 1.82) is 5.26 Å². The lowest BCUT2D eigenvalue weighted by molar-refractivity contribution is -0.119. The van der Waals surface area contributed by atoms with Crippen LogP contribution in [0.1, 0.15) is 15.9 Å². The van der Waals surface area contributed by atoms with Crippen molar-refractivity contribution < 1.29 is 19.4 Å². The highest BCUT2D eigenvalue weighted by atomic mass is 16.5. The third-order valence-electron chi connectivity index (χ3n) is 2.74. The predicted octanol–water partition coefficient (Wildman–Crippen LogP) is 2.06. The number of hydrogen-bond donors (Lipinski definition) is 2. The molecule has 0 atom stereocenters. The molecular weight excluding hydrogens is 284 g/mol. The molecule has 1 amide bonds. The average molecular weight is 296 g/mol. The van der Waals surface area contributed by atoms with Gasteiger partial charge in [-0.2, -0.15) is 5.26 Å². The number of amides is 1. The number of nitriles is 1. The van der Waals surface area contributed by atoms with Gasteiger partial charge in [0.2, 0.25) is 0 Å². The van der Waals surface area contributed by atoms with Gasteiger partial charge in [-0.05, 0) is 30.3 Å². The van der Waals surface area contributed by atoms with E-state index in [0.29, 0.717) is 11.3 Å². The molecule has 0 saturated heterocycles. The highest BCUT2D eigenvalue weighted by molar-refractivity contribution is 5.96. The molecule has 22 heavy (non-hydrogen) atoms. The molecule has 0 heterocycles. The van der Waals surface area contributed by atoms with Crippen LogP contribution >= 0.6 is 0 Å². The first-order valence-electron chi connectivity index (χ1n) is 6.35. The van der Waals surface area contributed by atoms with E-state index in [0.717, 1.165) is 0 Å². The first kappa shape index (κ1) is 15.1. The van der Waals surface area contributed by atoms with Crippen LogP contribution in [0.2, 0.25) is 0 Å². The van der Waals surface area contributed by atoms with Crippen LogP contribution in [0.5, 0.6) is 5.75 Å². The van der Waals surface area contributed by atoms with Crippen molar-refractivity contribution in [2.24, 2.45) is 0 Å². The maximum absolute atomic E-state index is 11.7. The summed E-state index contributed by atoms with van der Waals surface area (Å²) in [5, 5.41) is 20.7. The van der Waals surface area contributed by atoms with Gasteiger partial charge in [-0.3, -0.25) is 4.79 Å². The van der Waals surface area contributed by atoms with Gasteiger partial charge in [0.1, 0.15) is 11.8 Å². The molecule has 0 unspecified atom stereocenters. The summed E-state index contributed by atoms with van der Waals surface area (Å²) in [6.07, 6.45) is 0. The normalized spacial score (nSPS) is 9.59. The minimum absolute atomic E-state index is 0.0677. The quantitative estimate of drug-likeness (QED) is 0.841. The Morgan fingerprint density at radius 3 is 2.68 bits per heavy atom. The number of rotatable bonds is 4. The van der Waals surface area contributed by atoms with Crippen LogP contribution in [-0.4, -0.2) is 23.6 Å². The van der Waals surface area contributed by atoms with E-state index in [2.05, 4.69) is 5.32 Å². The second kappa shape index (κ2) is 6.90. The van der Waals surface area contributed by atoms with Crippen molar-refractivity contribution in [3.63, 3.8) is 0 Å². The predicted molar refractivity (Wildman–Crippen MR) is 78.2 cm³/mol. The molecule has 2 N–H and O–H groups in total. The first-order valence-corrected chi connectivity index (χ1v) is 6.35. The lowest BCUT2D eigenvalue weighted by Crippen LogP contribution is -2.21. The van der Waals surface area contributed by atoms with Gasteiger partial charge in [0.25, 0.3) is 5.91 Å². The molecular formula is C16H12N2O4. The SMILES string of the molecule is N#Cc1ccccc1NC(=O)COC(=O)c1cccc(O)c1. The summed E-state index contributed by atoms with van der Waals surface area (Å²) in [5.41, 5.74) is 0.809. The topological polar surface area (TPSA) is 99.4 Å². The van der Waals surface area contributed by atoms with Gasteiger partial charge >= 0.3 is 5.97 Å². The van der Waals surface area contributed by atoms with Crippen molar-refractivity contribution in [3.05, 3.63) is 59.7 Å². The molecule has 0 spiro atoms. The molecule has 0 bridgehead atoms. The van der Waals surface area contributed by atoms with Crippen molar-refractivity contribution in [2.45, 2.75) is 0 Å². The van der Waals surface area contributed by atoms with Gasteiger partial charge in [-0.25, -0.2) is 4.79 Å². The zero-order chi connectivity index (χ0) is 15.9. The monoisotopic (exact) mass is 296 g/mol. The molecule has 0 aromatic heterocycles. The van der Waals surface area contributed by atoms with E-state index in [9.17, 15) is 14.7 Å². The Morgan fingerprint density at radius 2 is 1.95 bits per heavy atom. The molecule has 0 fully saturated rings. The molecule has 0 aliphatic heterocycles. The van der Waals surface area contributed by atoms with Crippen molar-refractivity contribution in [1.82, 2.24) is 0 Å².